The maximum atomic E-state index is 8.91. The van der Waals surface area contributed by atoms with Crippen LogP contribution in [0.4, 0.5) is 5.69 Å². The third-order valence-corrected chi connectivity index (χ3v) is 4.55. The van der Waals surface area contributed by atoms with Crippen LogP contribution >= 0.6 is 15.9 Å². The van der Waals surface area contributed by atoms with Crippen molar-refractivity contribution in [2.24, 2.45) is 16.8 Å². The minimum atomic E-state index is 0.175. The van der Waals surface area contributed by atoms with Crippen LogP contribution < -0.4 is 10.6 Å². The Morgan fingerprint density at radius 2 is 2.28 bits per heavy atom. The van der Waals surface area contributed by atoms with Gasteiger partial charge < -0.3 is 15.8 Å². The zero-order valence-electron chi connectivity index (χ0n) is 10.0. The topological polar surface area (TPSA) is 61.9 Å². The number of hydrogen-bond donors (Lipinski definition) is 2. The number of anilines is 1. The molecule has 5 heteroatoms. The number of hydrogen-bond acceptors (Lipinski definition) is 3. The number of nitrogens with zero attached hydrogens (tertiary/aromatic N) is 2. The Bertz CT molecular complexity index is 503. The first-order chi connectivity index (χ1) is 8.69. The van der Waals surface area contributed by atoms with E-state index in [1.807, 2.05) is 12.1 Å². The Morgan fingerprint density at radius 3 is 2.89 bits per heavy atom. The molecule has 2 fully saturated rings. The van der Waals surface area contributed by atoms with Crippen LogP contribution in [0.25, 0.3) is 0 Å². The molecule has 18 heavy (non-hydrogen) atoms. The van der Waals surface area contributed by atoms with Crippen molar-refractivity contribution in [3.63, 3.8) is 0 Å². The number of fused-ring (bicyclic) bond motifs is 2. The summed E-state index contributed by atoms with van der Waals surface area (Å²) >= 11 is 3.43. The van der Waals surface area contributed by atoms with Gasteiger partial charge in [0, 0.05) is 28.3 Å². The molecule has 3 N–H and O–H groups in total. The van der Waals surface area contributed by atoms with E-state index in [1.165, 1.54) is 19.3 Å². The Hall–Kier alpha value is -1.23. The molecule has 96 valence electrons. The van der Waals surface area contributed by atoms with Crippen LogP contribution in [0.5, 0.6) is 0 Å². The number of oxime groups is 1. The number of halogens is 1. The lowest BCUT2D eigenvalue weighted by Gasteiger charge is -2.30. The van der Waals surface area contributed by atoms with Crippen LogP contribution in [0, 0.1) is 5.92 Å². The first-order valence-electron chi connectivity index (χ1n) is 6.23. The highest BCUT2D eigenvalue weighted by Crippen LogP contribution is 2.41. The average molecular weight is 310 g/mol. The van der Waals surface area contributed by atoms with Gasteiger partial charge in [0.1, 0.15) is 0 Å². The molecule has 1 saturated carbocycles. The van der Waals surface area contributed by atoms with E-state index in [0.29, 0.717) is 6.04 Å². The van der Waals surface area contributed by atoms with E-state index in [-0.39, 0.29) is 5.84 Å². The summed E-state index contributed by atoms with van der Waals surface area (Å²) in [6.07, 6.45) is 3.89. The van der Waals surface area contributed by atoms with Crippen LogP contribution in [0.15, 0.2) is 27.8 Å². The molecule has 1 aliphatic carbocycles. The number of piperidine rings is 1. The predicted octanol–water partition coefficient (Wildman–Crippen LogP) is 2.53. The van der Waals surface area contributed by atoms with Gasteiger partial charge in [0.2, 0.25) is 0 Å². The molecule has 0 radical (unpaired) electrons. The molecular formula is C13H16BrN3O. The molecule has 3 rings (SSSR count). The Kier molecular flexibility index (Phi) is 2.93. The molecule has 1 aliphatic heterocycles. The highest BCUT2D eigenvalue weighted by Gasteiger charge is 2.38. The molecule has 2 bridgehead atoms. The maximum absolute atomic E-state index is 8.91. The molecule has 1 aromatic carbocycles. The minimum absolute atomic E-state index is 0.175. The third-order valence-electron chi connectivity index (χ3n) is 4.06. The monoisotopic (exact) mass is 309 g/mol. The lowest BCUT2D eigenvalue weighted by Crippen LogP contribution is -2.33. The normalized spacial score (nSPS) is 26.9. The highest BCUT2D eigenvalue weighted by atomic mass is 79.9. The van der Waals surface area contributed by atoms with Gasteiger partial charge in [0.05, 0.1) is 0 Å². The van der Waals surface area contributed by atoms with Crippen LogP contribution in [-0.2, 0) is 0 Å². The molecule has 2 unspecified atom stereocenters. The Labute approximate surface area is 115 Å². The first kappa shape index (κ1) is 11.8. The van der Waals surface area contributed by atoms with E-state index in [4.69, 9.17) is 10.9 Å². The SMILES string of the molecule is N/C(=N/O)c1cc(Br)ccc1N1CC2CCC1C2. The molecule has 0 aromatic heterocycles. The Morgan fingerprint density at radius 1 is 1.44 bits per heavy atom. The zero-order chi connectivity index (χ0) is 12.7. The number of amidine groups is 1. The summed E-state index contributed by atoms with van der Waals surface area (Å²) in [5.41, 5.74) is 7.67. The van der Waals surface area contributed by atoms with E-state index in [1.54, 1.807) is 0 Å². The minimum Gasteiger partial charge on any atom is -0.409 e. The predicted molar refractivity (Wildman–Crippen MR) is 75.1 cm³/mol. The van der Waals surface area contributed by atoms with Crippen molar-refractivity contribution in [1.82, 2.24) is 0 Å². The maximum Gasteiger partial charge on any atom is 0.172 e. The van der Waals surface area contributed by atoms with E-state index >= 15 is 0 Å². The van der Waals surface area contributed by atoms with Gasteiger partial charge in [-0.15, -0.1) is 0 Å². The summed E-state index contributed by atoms with van der Waals surface area (Å²) < 4.78 is 0.942. The van der Waals surface area contributed by atoms with Crippen molar-refractivity contribution in [2.75, 3.05) is 11.4 Å². The quantitative estimate of drug-likeness (QED) is 0.382. The molecule has 1 saturated heterocycles. The summed E-state index contributed by atoms with van der Waals surface area (Å²) in [6, 6.07) is 6.60. The van der Waals surface area contributed by atoms with Crippen LogP contribution in [-0.4, -0.2) is 23.6 Å². The standard InChI is InChI=1S/C13H16BrN3O/c14-9-2-4-12(11(6-9)13(15)16-18)17-7-8-1-3-10(17)5-8/h2,4,6,8,10,18H,1,3,5,7H2,(H2,15,16). The largest absolute Gasteiger partial charge is 0.409 e. The zero-order valence-corrected chi connectivity index (χ0v) is 11.6. The van der Waals surface area contributed by atoms with Crippen molar-refractivity contribution in [2.45, 2.75) is 25.3 Å². The summed E-state index contributed by atoms with van der Waals surface area (Å²) in [4.78, 5) is 2.41. The molecule has 0 amide bonds. The molecular weight excluding hydrogens is 294 g/mol. The second-order valence-corrected chi connectivity index (χ2v) is 6.05. The van der Waals surface area contributed by atoms with Crippen molar-refractivity contribution < 1.29 is 5.21 Å². The first-order valence-corrected chi connectivity index (χ1v) is 7.02. The highest BCUT2D eigenvalue weighted by molar-refractivity contribution is 9.10. The van der Waals surface area contributed by atoms with E-state index in [9.17, 15) is 0 Å². The smallest absolute Gasteiger partial charge is 0.172 e. The Balaban J connectivity index is 2.01. The molecule has 0 spiro atoms. The molecule has 1 heterocycles. The molecule has 2 atom stereocenters. The summed E-state index contributed by atoms with van der Waals surface area (Å²) in [6.45, 7) is 1.10. The van der Waals surface area contributed by atoms with Gasteiger partial charge in [-0.1, -0.05) is 21.1 Å². The van der Waals surface area contributed by atoms with Crippen LogP contribution in [0.3, 0.4) is 0 Å². The summed E-state index contributed by atoms with van der Waals surface area (Å²) in [5.74, 6) is 0.993. The van der Waals surface area contributed by atoms with Gasteiger partial charge in [0.25, 0.3) is 0 Å². The number of rotatable bonds is 2. The number of nitrogens with two attached hydrogens (primary N) is 1. The van der Waals surface area contributed by atoms with Crippen LogP contribution in [0.1, 0.15) is 24.8 Å². The van der Waals surface area contributed by atoms with E-state index in [0.717, 1.165) is 28.2 Å². The average Bonchev–Trinajstić information content (AvgIpc) is 3.00. The van der Waals surface area contributed by atoms with Crippen molar-refractivity contribution in [1.29, 1.82) is 0 Å². The molecule has 2 aliphatic rings. The fourth-order valence-corrected chi connectivity index (χ4v) is 3.60. The van der Waals surface area contributed by atoms with Gasteiger partial charge in [-0.05, 0) is 43.4 Å². The third kappa shape index (κ3) is 1.86. The van der Waals surface area contributed by atoms with Gasteiger partial charge >= 0.3 is 0 Å². The summed E-state index contributed by atoms with van der Waals surface area (Å²) in [5, 5.41) is 12.0. The van der Waals surface area contributed by atoms with Crippen molar-refractivity contribution in [3.8, 4) is 0 Å². The second-order valence-electron chi connectivity index (χ2n) is 5.13. The van der Waals surface area contributed by atoms with Gasteiger partial charge in [-0.25, -0.2) is 0 Å². The van der Waals surface area contributed by atoms with Gasteiger partial charge in [0.15, 0.2) is 5.84 Å². The van der Waals surface area contributed by atoms with Gasteiger partial charge in [-0.2, -0.15) is 0 Å². The van der Waals surface area contributed by atoms with Crippen molar-refractivity contribution >= 4 is 27.5 Å². The summed E-state index contributed by atoms with van der Waals surface area (Å²) in [7, 11) is 0. The number of benzene rings is 1. The lowest BCUT2D eigenvalue weighted by atomic mass is 10.1. The van der Waals surface area contributed by atoms with Crippen LogP contribution in [0.2, 0.25) is 0 Å². The molecule has 4 nitrogen and oxygen atoms in total. The van der Waals surface area contributed by atoms with Crippen molar-refractivity contribution in [3.05, 3.63) is 28.2 Å². The second kappa shape index (κ2) is 4.46. The van der Waals surface area contributed by atoms with E-state index < -0.39 is 0 Å². The lowest BCUT2D eigenvalue weighted by molar-refractivity contribution is 0.318. The van der Waals surface area contributed by atoms with E-state index in [2.05, 4.69) is 32.1 Å². The fourth-order valence-electron chi connectivity index (χ4n) is 3.24. The van der Waals surface area contributed by atoms with Gasteiger partial charge in [-0.3, -0.25) is 0 Å². The molecule has 1 aromatic rings. The fraction of sp³-hybridized carbons (Fsp3) is 0.462.